The third-order valence-corrected chi connectivity index (χ3v) is 3.88. The normalized spacial score (nSPS) is 12.1. The average molecular weight is 306 g/mol. The van der Waals surface area contributed by atoms with Crippen LogP contribution < -0.4 is 0 Å². The molecule has 1 atom stereocenters. The summed E-state index contributed by atoms with van der Waals surface area (Å²) in [5, 5.41) is 18.0. The number of rotatable bonds is 12. The van der Waals surface area contributed by atoms with Crippen LogP contribution in [0, 0.1) is 5.92 Å². The molecule has 124 valence electrons. The van der Waals surface area contributed by atoms with Crippen molar-refractivity contribution in [3.05, 3.63) is 42.0 Å². The average Bonchev–Trinajstić information content (AvgIpc) is 2.53. The van der Waals surface area contributed by atoms with Crippen LogP contribution in [0.2, 0.25) is 0 Å². The second kappa shape index (κ2) is 11.3. The van der Waals surface area contributed by atoms with E-state index in [9.17, 15) is 0 Å². The van der Waals surface area contributed by atoms with E-state index in [1.165, 1.54) is 5.56 Å². The lowest BCUT2D eigenvalue weighted by Gasteiger charge is -2.17. The highest BCUT2D eigenvalue weighted by atomic mass is 16.5. The van der Waals surface area contributed by atoms with Gasteiger partial charge in [-0.25, -0.2) is 0 Å². The molecule has 22 heavy (non-hydrogen) atoms. The summed E-state index contributed by atoms with van der Waals surface area (Å²) in [4.78, 5) is 0. The van der Waals surface area contributed by atoms with Crippen molar-refractivity contribution >= 4 is 5.76 Å². The summed E-state index contributed by atoms with van der Waals surface area (Å²) in [5.74, 6) is 1.27. The van der Waals surface area contributed by atoms with Crippen molar-refractivity contribution in [2.75, 3.05) is 19.8 Å². The van der Waals surface area contributed by atoms with Gasteiger partial charge in [0.05, 0.1) is 6.61 Å². The summed E-state index contributed by atoms with van der Waals surface area (Å²) < 4.78 is 5.48. The summed E-state index contributed by atoms with van der Waals surface area (Å²) in [5.41, 5.74) is 2.32. The molecule has 0 aliphatic heterocycles. The molecule has 0 amide bonds. The molecule has 0 saturated heterocycles. The van der Waals surface area contributed by atoms with Gasteiger partial charge in [-0.1, -0.05) is 37.6 Å². The van der Waals surface area contributed by atoms with Gasteiger partial charge in [0, 0.05) is 18.8 Å². The first-order valence-corrected chi connectivity index (χ1v) is 8.34. The van der Waals surface area contributed by atoms with E-state index in [1.54, 1.807) is 0 Å². The van der Waals surface area contributed by atoms with Crippen LogP contribution in [-0.4, -0.2) is 30.0 Å². The zero-order valence-corrected chi connectivity index (χ0v) is 13.8. The number of aliphatic hydroxyl groups is 2. The summed E-state index contributed by atoms with van der Waals surface area (Å²) in [6, 6.07) is 8.36. The first-order chi connectivity index (χ1) is 10.7. The van der Waals surface area contributed by atoms with Gasteiger partial charge in [0.25, 0.3) is 0 Å². The van der Waals surface area contributed by atoms with Gasteiger partial charge < -0.3 is 14.9 Å². The number of benzene rings is 1. The van der Waals surface area contributed by atoms with Gasteiger partial charge in [-0.15, -0.1) is 0 Å². The standard InChI is InChI=1S/C19H30O3/c1-3-22-16(2)19-11-6-9-18(15-19)14-17(10-7-13-21)8-4-5-12-20/h6,9,11,15,17,20-21H,2-5,7-8,10,12-14H2,1H3/t17-/m0/s1. The highest BCUT2D eigenvalue weighted by Crippen LogP contribution is 2.23. The maximum absolute atomic E-state index is 9.06. The fourth-order valence-electron chi connectivity index (χ4n) is 2.74. The number of unbranched alkanes of at least 4 members (excludes halogenated alkanes) is 1. The molecule has 0 heterocycles. The zero-order valence-electron chi connectivity index (χ0n) is 13.8. The van der Waals surface area contributed by atoms with Crippen LogP contribution >= 0.6 is 0 Å². The predicted molar refractivity (Wildman–Crippen MR) is 91.6 cm³/mol. The third-order valence-electron chi connectivity index (χ3n) is 3.88. The van der Waals surface area contributed by atoms with Crippen LogP contribution in [0.25, 0.3) is 5.76 Å². The molecule has 2 N–H and O–H groups in total. The lowest BCUT2D eigenvalue weighted by Crippen LogP contribution is -2.07. The molecule has 0 radical (unpaired) electrons. The smallest absolute Gasteiger partial charge is 0.119 e. The molecule has 3 heteroatoms. The summed E-state index contributed by atoms with van der Waals surface area (Å²) in [6.07, 6.45) is 5.86. The van der Waals surface area contributed by atoms with Gasteiger partial charge in [-0.3, -0.25) is 0 Å². The number of hydrogen-bond donors (Lipinski definition) is 2. The van der Waals surface area contributed by atoms with E-state index >= 15 is 0 Å². The van der Waals surface area contributed by atoms with E-state index in [-0.39, 0.29) is 13.2 Å². The van der Waals surface area contributed by atoms with E-state index in [2.05, 4.69) is 18.7 Å². The maximum Gasteiger partial charge on any atom is 0.119 e. The Hall–Kier alpha value is -1.32. The number of ether oxygens (including phenoxy) is 1. The fraction of sp³-hybridized carbons (Fsp3) is 0.579. The molecule has 3 nitrogen and oxygen atoms in total. The predicted octanol–water partition coefficient (Wildman–Crippen LogP) is 3.79. The Bertz CT molecular complexity index is 428. The fourth-order valence-corrected chi connectivity index (χ4v) is 2.74. The Labute approximate surface area is 134 Å². The molecule has 0 saturated carbocycles. The van der Waals surface area contributed by atoms with Crippen LogP contribution in [0.5, 0.6) is 0 Å². The van der Waals surface area contributed by atoms with E-state index in [0.29, 0.717) is 12.5 Å². The van der Waals surface area contributed by atoms with Crippen LogP contribution in [0.4, 0.5) is 0 Å². The Morgan fingerprint density at radius 3 is 2.55 bits per heavy atom. The molecule has 0 aliphatic carbocycles. The molecule has 0 unspecified atom stereocenters. The molecular formula is C19H30O3. The largest absolute Gasteiger partial charge is 0.494 e. The Morgan fingerprint density at radius 1 is 1.14 bits per heavy atom. The molecule has 1 aromatic carbocycles. The van der Waals surface area contributed by atoms with E-state index < -0.39 is 0 Å². The van der Waals surface area contributed by atoms with Crippen molar-refractivity contribution in [2.24, 2.45) is 5.92 Å². The monoisotopic (exact) mass is 306 g/mol. The van der Waals surface area contributed by atoms with Gasteiger partial charge in [-0.05, 0) is 50.2 Å². The highest BCUT2D eigenvalue weighted by molar-refractivity contribution is 5.58. The second-order valence-corrected chi connectivity index (χ2v) is 5.71. The molecule has 0 bridgehead atoms. The first-order valence-electron chi connectivity index (χ1n) is 8.34. The molecule has 0 fully saturated rings. The van der Waals surface area contributed by atoms with Crippen LogP contribution in [0.1, 0.15) is 50.2 Å². The SMILES string of the molecule is C=C(OCC)c1cccc(C[C@H](CCCO)CCCCO)c1. The summed E-state index contributed by atoms with van der Waals surface area (Å²) in [6.45, 7) is 7.06. The minimum atomic E-state index is 0.248. The Balaban J connectivity index is 2.66. The van der Waals surface area contributed by atoms with E-state index in [1.807, 2.05) is 19.1 Å². The van der Waals surface area contributed by atoms with Crippen molar-refractivity contribution in [3.8, 4) is 0 Å². The van der Waals surface area contributed by atoms with Gasteiger partial charge in [0.2, 0.25) is 0 Å². The second-order valence-electron chi connectivity index (χ2n) is 5.71. The van der Waals surface area contributed by atoms with Gasteiger partial charge in [0.1, 0.15) is 5.76 Å². The first kappa shape index (κ1) is 18.7. The summed E-state index contributed by atoms with van der Waals surface area (Å²) in [7, 11) is 0. The van der Waals surface area contributed by atoms with Crippen LogP contribution in [0.15, 0.2) is 30.8 Å². The van der Waals surface area contributed by atoms with Crippen LogP contribution in [-0.2, 0) is 11.2 Å². The molecular weight excluding hydrogens is 276 g/mol. The minimum absolute atomic E-state index is 0.248. The van der Waals surface area contributed by atoms with E-state index in [0.717, 1.165) is 49.8 Å². The molecule has 0 aliphatic rings. The zero-order chi connectivity index (χ0) is 16.2. The van der Waals surface area contributed by atoms with Crippen molar-refractivity contribution in [3.63, 3.8) is 0 Å². The molecule has 0 spiro atoms. The topological polar surface area (TPSA) is 49.7 Å². The summed E-state index contributed by atoms with van der Waals surface area (Å²) >= 11 is 0. The molecule has 1 aromatic rings. The van der Waals surface area contributed by atoms with Crippen LogP contribution in [0.3, 0.4) is 0 Å². The number of aliphatic hydroxyl groups excluding tert-OH is 2. The lowest BCUT2D eigenvalue weighted by atomic mass is 9.89. The third kappa shape index (κ3) is 7.10. The minimum Gasteiger partial charge on any atom is -0.494 e. The van der Waals surface area contributed by atoms with Crippen molar-refractivity contribution in [1.29, 1.82) is 0 Å². The van der Waals surface area contributed by atoms with Crippen molar-refractivity contribution in [1.82, 2.24) is 0 Å². The number of hydrogen-bond acceptors (Lipinski definition) is 3. The lowest BCUT2D eigenvalue weighted by molar-refractivity contribution is 0.257. The Morgan fingerprint density at radius 2 is 1.86 bits per heavy atom. The van der Waals surface area contributed by atoms with Crippen molar-refractivity contribution < 1.29 is 14.9 Å². The van der Waals surface area contributed by atoms with Gasteiger partial charge >= 0.3 is 0 Å². The maximum atomic E-state index is 9.06. The molecule has 0 aromatic heterocycles. The highest BCUT2D eigenvalue weighted by Gasteiger charge is 2.10. The quantitative estimate of drug-likeness (QED) is 0.456. The molecule has 1 rings (SSSR count). The van der Waals surface area contributed by atoms with Crippen molar-refractivity contribution in [2.45, 2.75) is 45.4 Å². The van der Waals surface area contributed by atoms with Gasteiger partial charge in [-0.2, -0.15) is 0 Å². The van der Waals surface area contributed by atoms with E-state index in [4.69, 9.17) is 14.9 Å². The van der Waals surface area contributed by atoms with Gasteiger partial charge in [0.15, 0.2) is 0 Å². The Kier molecular flexibility index (Phi) is 9.60.